The van der Waals surface area contributed by atoms with Crippen molar-refractivity contribution in [3.8, 4) is 17.3 Å². The van der Waals surface area contributed by atoms with Gasteiger partial charge < -0.3 is 4.74 Å². The lowest BCUT2D eigenvalue weighted by atomic mass is 10.1. The van der Waals surface area contributed by atoms with E-state index >= 15 is 0 Å². The van der Waals surface area contributed by atoms with E-state index in [9.17, 15) is 0 Å². The number of nitrogens with zero attached hydrogens (tertiary/aromatic N) is 4. The van der Waals surface area contributed by atoms with E-state index in [0.29, 0.717) is 0 Å². The van der Waals surface area contributed by atoms with Crippen molar-refractivity contribution < 1.29 is 4.74 Å². The summed E-state index contributed by atoms with van der Waals surface area (Å²) in [6.07, 6.45) is 5.72. The lowest BCUT2D eigenvalue weighted by molar-refractivity contribution is 0.484. The molecule has 0 bridgehead atoms. The van der Waals surface area contributed by atoms with Crippen molar-refractivity contribution in [2.75, 3.05) is 0 Å². The number of hydrogen-bond acceptors (Lipinski definition) is 4. The largest absolute Gasteiger partial charge is 0.457 e. The maximum absolute atomic E-state index is 6.59. The van der Waals surface area contributed by atoms with E-state index in [1.165, 1.54) is 36.3 Å². The summed E-state index contributed by atoms with van der Waals surface area (Å²) >= 11 is 1.85. The third-order valence-corrected chi connectivity index (χ3v) is 9.89. The number of benzene rings is 5. The highest BCUT2D eigenvalue weighted by atomic mass is 32.1. The van der Waals surface area contributed by atoms with E-state index in [4.69, 9.17) is 14.7 Å². The molecule has 0 saturated carbocycles. The molecule has 5 aromatic carbocycles. The Kier molecular flexibility index (Phi) is 4.81. The molecule has 10 rings (SSSR count). The molecule has 0 radical (unpaired) electrons. The van der Waals surface area contributed by atoms with Gasteiger partial charge in [-0.25, -0.2) is 9.97 Å². The second-order valence-corrected chi connectivity index (χ2v) is 12.1. The maximum Gasteiger partial charge on any atom is 0.145 e. The van der Waals surface area contributed by atoms with Gasteiger partial charge in [-0.05, 0) is 66.0 Å². The smallest absolute Gasteiger partial charge is 0.145 e. The number of rotatable bonds is 3. The van der Waals surface area contributed by atoms with E-state index in [1.54, 1.807) is 0 Å². The van der Waals surface area contributed by atoms with Crippen LogP contribution < -0.4 is 4.74 Å². The van der Waals surface area contributed by atoms with Crippen molar-refractivity contribution in [1.29, 1.82) is 0 Å². The van der Waals surface area contributed by atoms with Gasteiger partial charge in [0.25, 0.3) is 0 Å². The Hall–Kier alpha value is -5.72. The molecule has 10 aromatic rings. The van der Waals surface area contributed by atoms with Crippen molar-refractivity contribution in [1.82, 2.24) is 18.9 Å². The predicted molar refractivity (Wildman–Crippen MR) is 182 cm³/mol. The quantitative estimate of drug-likeness (QED) is 0.195. The van der Waals surface area contributed by atoms with Crippen LogP contribution in [0.3, 0.4) is 0 Å². The van der Waals surface area contributed by atoms with E-state index in [0.717, 1.165) is 50.3 Å². The van der Waals surface area contributed by atoms with Crippen LogP contribution in [-0.2, 0) is 0 Å². The summed E-state index contributed by atoms with van der Waals surface area (Å²) in [5.74, 6) is 2.42. The number of thiophene rings is 1. The van der Waals surface area contributed by atoms with Crippen molar-refractivity contribution >= 4 is 80.6 Å². The first-order valence-corrected chi connectivity index (χ1v) is 15.4. The van der Waals surface area contributed by atoms with Gasteiger partial charge in [0.05, 0.1) is 16.6 Å². The molecule has 5 aromatic heterocycles. The van der Waals surface area contributed by atoms with Gasteiger partial charge in [0.2, 0.25) is 0 Å². The SMILES string of the molecule is c1ccc(-n2c3cc(Oc4ccc5c6ccccc6n6ccnc6c5c4)ccc3c3c4sc5ccccc5c4ccc32)nc1. The zero-order chi connectivity index (χ0) is 28.8. The number of imidazole rings is 1. The summed E-state index contributed by atoms with van der Waals surface area (Å²) < 4.78 is 13.6. The van der Waals surface area contributed by atoms with E-state index < -0.39 is 0 Å². The third-order valence-electron chi connectivity index (χ3n) is 8.69. The molecule has 0 aliphatic heterocycles. The van der Waals surface area contributed by atoms with Crippen LogP contribution in [0, 0.1) is 0 Å². The van der Waals surface area contributed by atoms with Gasteiger partial charge in [-0.3, -0.25) is 8.97 Å². The van der Waals surface area contributed by atoms with Gasteiger partial charge in [-0.2, -0.15) is 0 Å². The predicted octanol–water partition coefficient (Wildman–Crippen LogP) is 10.3. The molecule has 0 N–H and O–H groups in total. The van der Waals surface area contributed by atoms with Gasteiger partial charge in [0.1, 0.15) is 23.0 Å². The van der Waals surface area contributed by atoms with E-state index in [2.05, 4.69) is 106 Å². The third kappa shape index (κ3) is 3.28. The lowest BCUT2D eigenvalue weighted by Gasteiger charge is -2.11. The molecule has 5 nitrogen and oxygen atoms in total. The lowest BCUT2D eigenvalue weighted by Crippen LogP contribution is -1.96. The Bertz CT molecular complexity index is 2750. The van der Waals surface area contributed by atoms with Gasteiger partial charge >= 0.3 is 0 Å². The molecule has 0 unspecified atom stereocenters. The summed E-state index contributed by atoms with van der Waals surface area (Å²) in [5.41, 5.74) is 4.25. The summed E-state index contributed by atoms with van der Waals surface area (Å²) in [7, 11) is 0. The van der Waals surface area contributed by atoms with Gasteiger partial charge in [-0.15, -0.1) is 11.3 Å². The molecule has 6 heteroatoms. The Morgan fingerprint density at radius 3 is 2.25 bits per heavy atom. The number of pyridine rings is 2. The summed E-state index contributed by atoms with van der Waals surface area (Å²) in [5, 5.41) is 8.41. The number of hydrogen-bond donors (Lipinski definition) is 0. The molecular weight excluding hydrogens is 561 g/mol. The minimum atomic E-state index is 0.768. The molecular formula is C38H22N4OS. The first-order valence-electron chi connectivity index (χ1n) is 14.6. The normalized spacial score (nSPS) is 12.1. The van der Waals surface area contributed by atoms with Gasteiger partial charge in [0, 0.05) is 66.4 Å². The zero-order valence-corrected chi connectivity index (χ0v) is 24.1. The monoisotopic (exact) mass is 582 g/mol. The molecule has 0 atom stereocenters. The average Bonchev–Trinajstić information content (AvgIpc) is 3.79. The van der Waals surface area contributed by atoms with Crippen LogP contribution in [0.4, 0.5) is 0 Å². The molecule has 0 aliphatic carbocycles. The Morgan fingerprint density at radius 2 is 1.34 bits per heavy atom. The molecule has 44 heavy (non-hydrogen) atoms. The maximum atomic E-state index is 6.59. The number of para-hydroxylation sites is 1. The minimum absolute atomic E-state index is 0.768. The van der Waals surface area contributed by atoms with Crippen LogP contribution in [0.15, 0.2) is 134 Å². The van der Waals surface area contributed by atoms with E-state index in [-0.39, 0.29) is 0 Å². The average molecular weight is 583 g/mol. The summed E-state index contributed by atoms with van der Waals surface area (Å²) in [6.45, 7) is 0. The van der Waals surface area contributed by atoms with Crippen molar-refractivity contribution in [3.05, 3.63) is 134 Å². The topological polar surface area (TPSA) is 44.4 Å². The zero-order valence-electron chi connectivity index (χ0n) is 23.3. The number of fused-ring (bicyclic) bond motifs is 13. The molecule has 206 valence electrons. The number of ether oxygens (including phenoxy) is 1. The fourth-order valence-electron chi connectivity index (χ4n) is 6.81. The highest BCUT2D eigenvalue weighted by molar-refractivity contribution is 7.26. The van der Waals surface area contributed by atoms with Crippen molar-refractivity contribution in [2.45, 2.75) is 0 Å². The first-order chi connectivity index (χ1) is 21.8. The fraction of sp³-hybridized carbons (Fsp3) is 0. The highest BCUT2D eigenvalue weighted by Crippen LogP contribution is 2.44. The van der Waals surface area contributed by atoms with Crippen LogP contribution >= 0.6 is 11.3 Å². The standard InChI is InChI=1S/C38H22N4OS/c1-3-9-31-26(7-1)25-14-12-23(21-30(25)38-40-19-20-41(31)38)43-24-13-15-29-33(22-24)42(35-11-5-6-18-39-35)32-17-16-28-27-8-2-4-10-34(27)44-37(28)36(29)32/h1-22H. The van der Waals surface area contributed by atoms with Crippen LogP contribution in [0.2, 0.25) is 0 Å². The Balaban J connectivity index is 1.19. The second kappa shape index (κ2) is 8.89. The minimum Gasteiger partial charge on any atom is -0.457 e. The molecule has 0 spiro atoms. The van der Waals surface area contributed by atoms with Crippen LogP contribution in [-0.4, -0.2) is 18.9 Å². The van der Waals surface area contributed by atoms with Crippen LogP contribution in [0.1, 0.15) is 0 Å². The molecule has 0 fully saturated rings. The van der Waals surface area contributed by atoms with Crippen LogP contribution in [0.25, 0.3) is 75.1 Å². The summed E-state index contributed by atoms with van der Waals surface area (Å²) in [6, 6.07) is 40.3. The second-order valence-electron chi connectivity index (χ2n) is 11.1. The highest BCUT2D eigenvalue weighted by Gasteiger charge is 2.19. The number of aromatic nitrogens is 4. The summed E-state index contributed by atoms with van der Waals surface area (Å²) in [4.78, 5) is 9.45. The molecule has 0 amide bonds. The van der Waals surface area contributed by atoms with Crippen molar-refractivity contribution in [3.63, 3.8) is 0 Å². The van der Waals surface area contributed by atoms with Gasteiger partial charge in [0.15, 0.2) is 0 Å². The molecule has 0 aliphatic rings. The molecule has 0 saturated heterocycles. The Labute approximate surface area is 254 Å². The van der Waals surface area contributed by atoms with Gasteiger partial charge in [-0.1, -0.05) is 48.5 Å². The van der Waals surface area contributed by atoms with Crippen molar-refractivity contribution in [2.24, 2.45) is 0 Å². The first kappa shape index (κ1) is 23.8. The molecule has 5 heterocycles. The fourth-order valence-corrected chi connectivity index (χ4v) is 8.07. The van der Waals surface area contributed by atoms with Crippen LogP contribution in [0.5, 0.6) is 11.5 Å². The van der Waals surface area contributed by atoms with E-state index in [1.807, 2.05) is 48.1 Å². The Morgan fingerprint density at radius 1 is 0.545 bits per heavy atom.